The Labute approximate surface area is 185 Å². The molecule has 9 nitrogen and oxygen atoms in total. The van der Waals surface area contributed by atoms with E-state index < -0.39 is 0 Å². The first-order valence-corrected chi connectivity index (χ1v) is 10.2. The zero-order chi connectivity index (χ0) is 22.8. The van der Waals surface area contributed by atoms with Crippen LogP contribution in [-0.4, -0.2) is 32.9 Å². The number of carbonyl (C=O) groups excluding carboxylic acids is 1. The summed E-state index contributed by atoms with van der Waals surface area (Å²) in [6.45, 7) is 5.81. The number of benzene rings is 2. The molecule has 2 heterocycles. The van der Waals surface area contributed by atoms with Crippen LogP contribution in [0.15, 0.2) is 47.0 Å². The van der Waals surface area contributed by atoms with E-state index in [0.717, 1.165) is 27.9 Å². The zero-order valence-corrected chi connectivity index (χ0v) is 18.4. The lowest BCUT2D eigenvalue weighted by Gasteiger charge is -2.11. The summed E-state index contributed by atoms with van der Waals surface area (Å²) < 4.78 is 6.91. The standard InChI is InChI=1S/C23H25N7O2/c1-13-8-5-6-11-16(13)21-27-23(32-29-21)18-20(24)30(28-22(18)25-4)12-17(31)26-19-14(2)9-7-10-15(19)3/h5-11H,12,24H2,1-4H3,(H,25,28)(H,26,31). The molecule has 0 saturated carbocycles. The van der Waals surface area contributed by atoms with Crippen LogP contribution >= 0.6 is 0 Å². The number of para-hydroxylation sites is 1. The van der Waals surface area contributed by atoms with Gasteiger partial charge in [-0.15, -0.1) is 0 Å². The summed E-state index contributed by atoms with van der Waals surface area (Å²) >= 11 is 0. The van der Waals surface area contributed by atoms with Crippen molar-refractivity contribution in [1.82, 2.24) is 19.9 Å². The number of aromatic nitrogens is 4. The number of amides is 1. The third-order valence-electron chi connectivity index (χ3n) is 5.29. The second-order valence-corrected chi connectivity index (χ2v) is 7.57. The summed E-state index contributed by atoms with van der Waals surface area (Å²) in [7, 11) is 1.71. The Bertz CT molecular complexity index is 1270. The number of carbonyl (C=O) groups is 1. The van der Waals surface area contributed by atoms with Gasteiger partial charge in [0.2, 0.25) is 11.7 Å². The lowest BCUT2D eigenvalue weighted by molar-refractivity contribution is -0.116. The normalized spacial score (nSPS) is 10.9. The molecule has 0 fully saturated rings. The van der Waals surface area contributed by atoms with Crippen molar-refractivity contribution in [3.8, 4) is 22.8 Å². The van der Waals surface area contributed by atoms with Crippen molar-refractivity contribution in [3.05, 3.63) is 59.2 Å². The van der Waals surface area contributed by atoms with E-state index in [9.17, 15) is 4.79 Å². The van der Waals surface area contributed by atoms with Gasteiger partial charge in [-0.2, -0.15) is 10.1 Å². The summed E-state index contributed by atoms with van der Waals surface area (Å²) in [5.74, 6) is 1.15. The molecule has 0 aliphatic rings. The number of nitrogens with one attached hydrogen (secondary N) is 2. The van der Waals surface area contributed by atoms with Gasteiger partial charge < -0.3 is 20.9 Å². The SMILES string of the molecule is CNc1nn(CC(=O)Nc2c(C)cccc2C)c(N)c1-c1nc(-c2ccccc2C)no1. The molecule has 0 aliphatic carbocycles. The molecule has 2 aromatic carbocycles. The van der Waals surface area contributed by atoms with E-state index in [1.54, 1.807) is 7.05 Å². The molecule has 4 aromatic rings. The largest absolute Gasteiger partial charge is 0.383 e. The average Bonchev–Trinajstić information content (AvgIpc) is 3.36. The smallest absolute Gasteiger partial charge is 0.265 e. The fourth-order valence-electron chi connectivity index (χ4n) is 3.57. The molecule has 0 saturated heterocycles. The topological polar surface area (TPSA) is 124 Å². The second-order valence-electron chi connectivity index (χ2n) is 7.57. The molecule has 0 aliphatic heterocycles. The van der Waals surface area contributed by atoms with Crippen molar-refractivity contribution in [1.29, 1.82) is 0 Å². The van der Waals surface area contributed by atoms with Crippen LogP contribution < -0.4 is 16.4 Å². The summed E-state index contributed by atoms with van der Waals surface area (Å²) in [5, 5.41) is 14.5. The highest BCUT2D eigenvalue weighted by Gasteiger charge is 2.24. The van der Waals surface area contributed by atoms with Crippen molar-refractivity contribution >= 4 is 23.2 Å². The predicted molar refractivity (Wildman–Crippen MR) is 124 cm³/mol. The molecule has 0 unspecified atom stereocenters. The minimum atomic E-state index is -0.239. The number of anilines is 3. The Morgan fingerprint density at radius 1 is 1.06 bits per heavy atom. The molecule has 4 rings (SSSR count). The Morgan fingerprint density at radius 3 is 2.44 bits per heavy atom. The molecular weight excluding hydrogens is 406 g/mol. The van der Waals surface area contributed by atoms with Crippen molar-refractivity contribution in [2.45, 2.75) is 27.3 Å². The maximum absolute atomic E-state index is 12.7. The second kappa shape index (κ2) is 8.54. The highest BCUT2D eigenvalue weighted by atomic mass is 16.5. The van der Waals surface area contributed by atoms with Crippen LogP contribution in [0.1, 0.15) is 16.7 Å². The number of hydrogen-bond acceptors (Lipinski definition) is 7. The van der Waals surface area contributed by atoms with Crippen molar-refractivity contribution in [2.24, 2.45) is 0 Å². The number of aryl methyl sites for hydroxylation is 3. The van der Waals surface area contributed by atoms with Gasteiger partial charge in [0.15, 0.2) is 5.82 Å². The average molecular weight is 432 g/mol. The van der Waals surface area contributed by atoms with Crippen LogP contribution in [0.3, 0.4) is 0 Å². The lowest BCUT2D eigenvalue weighted by atomic mass is 10.1. The Hall–Kier alpha value is -4.14. The quantitative estimate of drug-likeness (QED) is 0.424. The van der Waals surface area contributed by atoms with Gasteiger partial charge >= 0.3 is 0 Å². The predicted octanol–water partition coefficient (Wildman–Crippen LogP) is 3.79. The summed E-state index contributed by atoms with van der Waals surface area (Å²) in [4.78, 5) is 17.2. The van der Waals surface area contributed by atoms with Crippen molar-refractivity contribution in [2.75, 3.05) is 23.4 Å². The molecule has 0 spiro atoms. The molecule has 0 bridgehead atoms. The fraction of sp³-hybridized carbons (Fsp3) is 0.217. The van der Waals surface area contributed by atoms with Gasteiger partial charge in [0.05, 0.1) is 0 Å². The van der Waals surface area contributed by atoms with E-state index in [4.69, 9.17) is 10.3 Å². The lowest BCUT2D eigenvalue weighted by Crippen LogP contribution is -2.21. The highest BCUT2D eigenvalue weighted by molar-refractivity contribution is 5.93. The van der Waals surface area contributed by atoms with E-state index in [-0.39, 0.29) is 24.2 Å². The maximum Gasteiger partial charge on any atom is 0.265 e. The van der Waals surface area contributed by atoms with Gasteiger partial charge in [0.25, 0.3) is 5.89 Å². The van der Waals surface area contributed by atoms with Crippen LogP contribution in [0.2, 0.25) is 0 Å². The van der Waals surface area contributed by atoms with Crippen LogP contribution in [0.4, 0.5) is 17.3 Å². The minimum Gasteiger partial charge on any atom is -0.383 e. The molecular formula is C23H25N7O2. The van der Waals surface area contributed by atoms with E-state index in [0.29, 0.717) is 17.2 Å². The van der Waals surface area contributed by atoms with Gasteiger partial charge in [0, 0.05) is 18.3 Å². The zero-order valence-electron chi connectivity index (χ0n) is 18.4. The third kappa shape index (κ3) is 3.92. The Balaban J connectivity index is 1.62. The van der Waals surface area contributed by atoms with E-state index in [2.05, 4.69) is 25.9 Å². The molecule has 164 valence electrons. The van der Waals surface area contributed by atoms with Crippen LogP contribution in [-0.2, 0) is 11.3 Å². The number of nitrogens with two attached hydrogens (primary N) is 1. The van der Waals surface area contributed by atoms with Gasteiger partial charge in [-0.05, 0) is 37.5 Å². The monoisotopic (exact) mass is 431 g/mol. The summed E-state index contributed by atoms with van der Waals surface area (Å²) in [6.07, 6.45) is 0. The first-order chi connectivity index (χ1) is 15.4. The van der Waals surface area contributed by atoms with Gasteiger partial charge in [-0.25, -0.2) is 4.68 Å². The molecule has 1 amide bonds. The Kier molecular flexibility index (Phi) is 5.63. The fourth-order valence-corrected chi connectivity index (χ4v) is 3.57. The third-order valence-corrected chi connectivity index (χ3v) is 5.29. The van der Waals surface area contributed by atoms with Gasteiger partial charge in [-0.1, -0.05) is 47.6 Å². The first-order valence-electron chi connectivity index (χ1n) is 10.2. The molecule has 4 N–H and O–H groups in total. The summed E-state index contributed by atoms with van der Waals surface area (Å²) in [6, 6.07) is 13.6. The van der Waals surface area contributed by atoms with Crippen LogP contribution in [0, 0.1) is 20.8 Å². The maximum atomic E-state index is 12.7. The molecule has 9 heteroatoms. The van der Waals surface area contributed by atoms with Crippen molar-refractivity contribution < 1.29 is 9.32 Å². The number of nitrogens with zero attached hydrogens (tertiary/aromatic N) is 4. The van der Waals surface area contributed by atoms with Gasteiger partial charge in [0.1, 0.15) is 17.9 Å². The molecule has 32 heavy (non-hydrogen) atoms. The van der Waals surface area contributed by atoms with E-state index in [1.807, 2.05) is 63.2 Å². The molecule has 2 aromatic heterocycles. The van der Waals surface area contributed by atoms with Crippen molar-refractivity contribution in [3.63, 3.8) is 0 Å². The van der Waals surface area contributed by atoms with Crippen LogP contribution in [0.25, 0.3) is 22.8 Å². The first kappa shape index (κ1) is 21.1. The highest BCUT2D eigenvalue weighted by Crippen LogP contribution is 2.33. The van der Waals surface area contributed by atoms with Crippen LogP contribution in [0.5, 0.6) is 0 Å². The number of nitrogen functional groups attached to an aromatic ring is 1. The number of hydrogen-bond donors (Lipinski definition) is 3. The summed E-state index contributed by atoms with van der Waals surface area (Å²) in [5.41, 5.74) is 11.5. The van der Waals surface area contributed by atoms with E-state index in [1.165, 1.54) is 4.68 Å². The van der Waals surface area contributed by atoms with E-state index >= 15 is 0 Å². The minimum absolute atomic E-state index is 0.0624. The van der Waals surface area contributed by atoms with Gasteiger partial charge in [-0.3, -0.25) is 4.79 Å². The Morgan fingerprint density at radius 2 is 1.75 bits per heavy atom. The molecule has 0 radical (unpaired) electrons. The number of rotatable bonds is 6. The molecule has 0 atom stereocenters.